The van der Waals surface area contributed by atoms with Gasteiger partial charge in [0.05, 0.1) is 12.8 Å². The molecular weight excluding hydrogens is 617 g/mol. The van der Waals surface area contributed by atoms with Crippen molar-refractivity contribution in [2.24, 2.45) is 4.99 Å². The Balaban J connectivity index is 1.15. The number of amides is 2. The number of amidine groups is 1. The summed E-state index contributed by atoms with van der Waals surface area (Å²) >= 11 is 1.57. The summed E-state index contributed by atoms with van der Waals surface area (Å²) in [5.41, 5.74) is 4.62. The quantitative estimate of drug-likeness (QED) is 0.189. The number of alkyl halides is 3. The third kappa shape index (κ3) is 8.39. The summed E-state index contributed by atoms with van der Waals surface area (Å²) in [6, 6.07) is 18.8. The van der Waals surface area contributed by atoms with Crippen LogP contribution >= 0.6 is 11.8 Å². The highest BCUT2D eigenvalue weighted by Gasteiger charge is 2.31. The van der Waals surface area contributed by atoms with Gasteiger partial charge in [-0.3, -0.25) is 0 Å². The molecule has 0 saturated carbocycles. The van der Waals surface area contributed by atoms with Gasteiger partial charge in [0.1, 0.15) is 17.8 Å². The van der Waals surface area contributed by atoms with Crippen LogP contribution in [0.3, 0.4) is 0 Å². The van der Waals surface area contributed by atoms with Crippen LogP contribution in [0.2, 0.25) is 0 Å². The number of anilines is 1. The van der Waals surface area contributed by atoms with Crippen molar-refractivity contribution in [1.82, 2.24) is 20.1 Å². The summed E-state index contributed by atoms with van der Waals surface area (Å²) in [5, 5.41) is 8.13. The number of thioether (sulfide) groups is 1. The van der Waals surface area contributed by atoms with E-state index in [-0.39, 0.29) is 17.8 Å². The average Bonchev–Trinajstić information content (AvgIpc) is 3.70. The van der Waals surface area contributed by atoms with Gasteiger partial charge in [0.15, 0.2) is 11.0 Å². The number of urea groups is 1. The van der Waals surface area contributed by atoms with Crippen molar-refractivity contribution in [2.75, 3.05) is 24.3 Å². The Morgan fingerprint density at radius 1 is 1.04 bits per heavy atom. The van der Waals surface area contributed by atoms with Crippen molar-refractivity contribution < 1.29 is 27.4 Å². The number of aliphatic imine (C=N–C) groups is 1. The highest BCUT2D eigenvalue weighted by molar-refractivity contribution is 8.14. The molecule has 2 heterocycles. The van der Waals surface area contributed by atoms with Crippen LogP contribution in [0.15, 0.2) is 78.0 Å². The van der Waals surface area contributed by atoms with E-state index in [2.05, 4.69) is 49.9 Å². The van der Waals surface area contributed by atoms with Crippen molar-refractivity contribution in [3.63, 3.8) is 0 Å². The molecule has 0 aliphatic carbocycles. The highest BCUT2D eigenvalue weighted by atomic mass is 32.2. The molecule has 242 valence electrons. The minimum Gasteiger partial charge on any atom is -0.497 e. The fourth-order valence-corrected chi connectivity index (χ4v) is 5.97. The van der Waals surface area contributed by atoms with Crippen molar-refractivity contribution >= 4 is 28.6 Å². The lowest BCUT2D eigenvalue weighted by Gasteiger charge is -2.24. The Morgan fingerprint density at radius 3 is 2.43 bits per heavy atom. The number of carbonyl (C=O) groups excluding carboxylic acids is 1. The lowest BCUT2D eigenvalue weighted by molar-refractivity contribution is -0.274. The van der Waals surface area contributed by atoms with E-state index < -0.39 is 6.36 Å². The maximum absolute atomic E-state index is 12.9. The van der Waals surface area contributed by atoms with Crippen LogP contribution < -0.4 is 19.7 Å². The highest BCUT2D eigenvalue weighted by Crippen LogP contribution is 2.35. The van der Waals surface area contributed by atoms with E-state index in [0.717, 1.165) is 47.7 Å². The second-order valence-electron chi connectivity index (χ2n) is 11.1. The van der Waals surface area contributed by atoms with Crippen LogP contribution in [0.4, 0.5) is 23.7 Å². The van der Waals surface area contributed by atoms with Gasteiger partial charge in [-0.15, -0.1) is 18.3 Å². The first kappa shape index (κ1) is 32.9. The molecule has 5 rings (SSSR count). The smallest absolute Gasteiger partial charge is 0.497 e. The summed E-state index contributed by atoms with van der Waals surface area (Å²) in [6.45, 7) is 7.01. The minimum atomic E-state index is -4.75. The SMILES string of the molecule is COc1ccc(C(C)C)c(N2CCS/C2=N\C(=O)NC(C)CCc2ccc(-c3ncn(-c4ccc(OC(F)(F)F)cc4)n3)cc2)c1. The molecule has 4 aromatic rings. The number of nitrogens with one attached hydrogen (secondary N) is 1. The molecule has 1 aliphatic heterocycles. The normalized spacial score (nSPS) is 15.0. The van der Waals surface area contributed by atoms with Gasteiger partial charge in [-0.05, 0) is 67.1 Å². The van der Waals surface area contributed by atoms with Crippen LogP contribution in [0, 0.1) is 0 Å². The summed E-state index contributed by atoms with van der Waals surface area (Å²) < 4.78 is 48.1. The zero-order chi connectivity index (χ0) is 32.8. The number of aryl methyl sites for hydroxylation is 1. The average molecular weight is 653 g/mol. The fraction of sp³-hybridized carbons (Fsp3) is 0.333. The fourth-order valence-electron chi connectivity index (χ4n) is 5.02. The molecule has 13 heteroatoms. The van der Waals surface area contributed by atoms with Gasteiger partial charge in [0.25, 0.3) is 0 Å². The predicted octanol–water partition coefficient (Wildman–Crippen LogP) is 7.61. The zero-order valence-corrected chi connectivity index (χ0v) is 26.7. The number of hydrogen-bond donors (Lipinski definition) is 1. The summed E-state index contributed by atoms with van der Waals surface area (Å²) in [4.78, 5) is 23.7. The molecule has 1 fully saturated rings. The Labute approximate surface area is 269 Å². The van der Waals surface area contributed by atoms with Crippen molar-refractivity contribution in [1.29, 1.82) is 0 Å². The van der Waals surface area contributed by atoms with E-state index in [4.69, 9.17) is 4.74 Å². The molecule has 1 saturated heterocycles. The van der Waals surface area contributed by atoms with Gasteiger partial charge in [-0.2, -0.15) is 4.99 Å². The van der Waals surface area contributed by atoms with E-state index in [1.165, 1.54) is 40.8 Å². The Hall–Kier alpha value is -4.52. The van der Waals surface area contributed by atoms with Gasteiger partial charge >= 0.3 is 12.4 Å². The Bertz CT molecular complexity index is 1670. The number of halogens is 3. The molecule has 9 nitrogen and oxygen atoms in total. The number of benzene rings is 3. The molecule has 1 N–H and O–H groups in total. The van der Waals surface area contributed by atoms with Crippen LogP contribution in [-0.2, 0) is 6.42 Å². The third-order valence-electron chi connectivity index (χ3n) is 7.40. The second-order valence-corrected chi connectivity index (χ2v) is 12.2. The van der Waals surface area contributed by atoms with Crippen LogP contribution in [0.1, 0.15) is 44.2 Å². The van der Waals surface area contributed by atoms with Gasteiger partial charge in [0.2, 0.25) is 0 Å². The van der Waals surface area contributed by atoms with Gasteiger partial charge in [0, 0.05) is 35.7 Å². The topological polar surface area (TPSA) is 93.9 Å². The van der Waals surface area contributed by atoms with Crippen molar-refractivity contribution in [3.05, 3.63) is 84.2 Å². The lowest BCUT2D eigenvalue weighted by atomic mass is 10.00. The molecule has 1 aliphatic rings. The van der Waals surface area contributed by atoms with Crippen LogP contribution in [-0.4, -0.2) is 57.8 Å². The Kier molecular flexibility index (Phi) is 10.2. The van der Waals surface area contributed by atoms with E-state index in [1.807, 2.05) is 43.3 Å². The van der Waals surface area contributed by atoms with Gasteiger partial charge in [-0.1, -0.05) is 55.9 Å². The number of rotatable bonds is 10. The molecule has 0 bridgehead atoms. The van der Waals surface area contributed by atoms with Crippen LogP contribution in [0.25, 0.3) is 17.1 Å². The lowest BCUT2D eigenvalue weighted by Crippen LogP contribution is -2.33. The van der Waals surface area contributed by atoms with Crippen molar-refractivity contribution in [2.45, 2.75) is 51.9 Å². The van der Waals surface area contributed by atoms with E-state index in [1.54, 1.807) is 18.9 Å². The largest absolute Gasteiger partial charge is 0.573 e. The van der Waals surface area contributed by atoms with Crippen molar-refractivity contribution in [3.8, 4) is 28.6 Å². The first-order valence-corrected chi connectivity index (χ1v) is 15.8. The maximum Gasteiger partial charge on any atom is 0.573 e. The maximum atomic E-state index is 12.9. The first-order valence-electron chi connectivity index (χ1n) is 14.8. The number of carbonyl (C=O) groups is 1. The molecular formula is C33H35F3N6O3S. The molecule has 46 heavy (non-hydrogen) atoms. The number of nitrogens with zero attached hydrogens (tertiary/aromatic N) is 5. The van der Waals surface area contributed by atoms with E-state index >= 15 is 0 Å². The molecule has 1 aromatic heterocycles. The summed E-state index contributed by atoms with van der Waals surface area (Å²) in [6.07, 6.45) is -1.78. The first-order chi connectivity index (χ1) is 22.0. The monoisotopic (exact) mass is 652 g/mol. The molecule has 1 atom stereocenters. The number of methoxy groups -OCH3 is 1. The minimum absolute atomic E-state index is 0.0929. The molecule has 2 amide bonds. The van der Waals surface area contributed by atoms with Gasteiger partial charge < -0.3 is 19.7 Å². The summed E-state index contributed by atoms with van der Waals surface area (Å²) in [7, 11) is 1.64. The zero-order valence-electron chi connectivity index (χ0n) is 25.9. The second kappa shape index (κ2) is 14.3. The number of ether oxygens (including phenoxy) is 2. The molecule has 0 radical (unpaired) electrons. The number of aromatic nitrogens is 3. The molecule has 1 unspecified atom stereocenters. The molecule has 3 aromatic carbocycles. The summed E-state index contributed by atoms with van der Waals surface area (Å²) in [5.74, 6) is 2.09. The number of hydrogen-bond acceptors (Lipinski definition) is 6. The van der Waals surface area contributed by atoms with E-state index in [0.29, 0.717) is 22.6 Å². The predicted molar refractivity (Wildman–Crippen MR) is 174 cm³/mol. The third-order valence-corrected chi connectivity index (χ3v) is 8.36. The standard InChI is InChI=1S/C33H35F3N6O3S/c1-21(2)28-16-15-27(44-4)19-29(28)41-17-18-46-32(41)39-31(43)38-22(3)5-6-23-7-9-24(10-8-23)30-37-20-42(40-30)25-11-13-26(14-12-25)45-33(34,35)36/h7-16,19-22H,5-6,17-18H2,1-4H3,(H,38,43)/b39-32-. The molecule has 0 spiro atoms. The van der Waals surface area contributed by atoms with Crippen LogP contribution in [0.5, 0.6) is 11.5 Å². The Morgan fingerprint density at radius 2 is 1.76 bits per heavy atom. The van der Waals surface area contributed by atoms with E-state index in [9.17, 15) is 18.0 Å². The van der Waals surface area contributed by atoms with Gasteiger partial charge in [-0.25, -0.2) is 14.5 Å².